The standard InChI is InChI=1S/C18H22N4/c1-14-18-16(6-7-20-14)15-4-2-3-5-17(15)22(18)13-12-21-10-8-19-9-11-21/h2-7,19H,8-13H2,1H3. The van der Waals surface area contributed by atoms with Gasteiger partial charge in [0.25, 0.3) is 0 Å². The third-order valence-corrected chi connectivity index (χ3v) is 4.71. The van der Waals surface area contributed by atoms with Crippen LogP contribution in [0.25, 0.3) is 21.8 Å². The van der Waals surface area contributed by atoms with E-state index in [-0.39, 0.29) is 0 Å². The summed E-state index contributed by atoms with van der Waals surface area (Å²) in [5.74, 6) is 0. The fourth-order valence-corrected chi connectivity index (χ4v) is 3.58. The van der Waals surface area contributed by atoms with Crippen LogP contribution in [0.1, 0.15) is 5.69 Å². The van der Waals surface area contributed by atoms with E-state index in [1.807, 2.05) is 6.20 Å². The summed E-state index contributed by atoms with van der Waals surface area (Å²) in [5.41, 5.74) is 3.73. The van der Waals surface area contributed by atoms with Gasteiger partial charge in [-0.1, -0.05) is 18.2 Å². The first-order valence-electron chi connectivity index (χ1n) is 8.10. The lowest BCUT2D eigenvalue weighted by molar-refractivity contribution is 0.234. The van der Waals surface area contributed by atoms with Crippen LogP contribution < -0.4 is 5.32 Å². The average Bonchev–Trinajstić information content (AvgIpc) is 2.89. The van der Waals surface area contributed by atoms with Crippen LogP contribution in [0, 0.1) is 6.92 Å². The van der Waals surface area contributed by atoms with E-state index >= 15 is 0 Å². The normalized spacial score (nSPS) is 16.6. The third kappa shape index (κ3) is 2.28. The summed E-state index contributed by atoms with van der Waals surface area (Å²) in [7, 11) is 0. The van der Waals surface area contributed by atoms with E-state index in [9.17, 15) is 0 Å². The zero-order valence-electron chi connectivity index (χ0n) is 13.0. The molecule has 0 unspecified atom stereocenters. The van der Waals surface area contributed by atoms with Crippen molar-refractivity contribution in [2.75, 3.05) is 32.7 Å². The van der Waals surface area contributed by atoms with Gasteiger partial charge in [-0.05, 0) is 19.1 Å². The maximum atomic E-state index is 4.51. The fraction of sp³-hybridized carbons (Fsp3) is 0.389. The lowest BCUT2D eigenvalue weighted by Gasteiger charge is -2.27. The van der Waals surface area contributed by atoms with E-state index in [1.165, 1.54) is 21.8 Å². The van der Waals surface area contributed by atoms with Crippen LogP contribution in [-0.4, -0.2) is 47.2 Å². The molecule has 4 rings (SSSR count). The van der Waals surface area contributed by atoms with E-state index in [2.05, 4.69) is 57.0 Å². The Kier molecular flexibility index (Phi) is 3.56. The van der Waals surface area contributed by atoms with Gasteiger partial charge in [-0.2, -0.15) is 0 Å². The van der Waals surface area contributed by atoms with Crippen molar-refractivity contribution in [3.63, 3.8) is 0 Å². The van der Waals surface area contributed by atoms with E-state index in [4.69, 9.17) is 0 Å². The predicted molar refractivity (Wildman–Crippen MR) is 91.3 cm³/mol. The minimum Gasteiger partial charge on any atom is -0.338 e. The predicted octanol–water partition coefficient (Wildman–Crippen LogP) is 2.40. The Bertz CT molecular complexity index is 799. The second kappa shape index (κ2) is 5.71. The van der Waals surface area contributed by atoms with Crippen LogP contribution in [0.15, 0.2) is 36.5 Å². The number of piperazine rings is 1. The first-order chi connectivity index (χ1) is 10.8. The Morgan fingerprint density at radius 2 is 1.86 bits per heavy atom. The number of nitrogens with zero attached hydrogens (tertiary/aromatic N) is 3. The first-order valence-corrected chi connectivity index (χ1v) is 8.10. The molecule has 0 amide bonds. The molecular formula is C18H22N4. The number of aromatic nitrogens is 2. The molecular weight excluding hydrogens is 272 g/mol. The molecule has 0 atom stereocenters. The smallest absolute Gasteiger partial charge is 0.0708 e. The lowest BCUT2D eigenvalue weighted by atomic mass is 10.2. The molecule has 0 bridgehead atoms. The van der Waals surface area contributed by atoms with Gasteiger partial charge in [0, 0.05) is 61.8 Å². The molecule has 114 valence electrons. The second-order valence-electron chi connectivity index (χ2n) is 6.05. The Morgan fingerprint density at radius 3 is 2.73 bits per heavy atom. The molecule has 22 heavy (non-hydrogen) atoms. The maximum Gasteiger partial charge on any atom is 0.0708 e. The highest BCUT2D eigenvalue weighted by atomic mass is 15.2. The minimum atomic E-state index is 1.02. The molecule has 4 heteroatoms. The number of rotatable bonds is 3. The topological polar surface area (TPSA) is 33.1 Å². The minimum absolute atomic E-state index is 1.02. The van der Waals surface area contributed by atoms with Crippen molar-refractivity contribution < 1.29 is 0 Å². The summed E-state index contributed by atoms with van der Waals surface area (Å²) < 4.78 is 2.45. The molecule has 2 aromatic heterocycles. The van der Waals surface area contributed by atoms with Crippen molar-refractivity contribution in [2.45, 2.75) is 13.5 Å². The summed E-state index contributed by atoms with van der Waals surface area (Å²) >= 11 is 0. The van der Waals surface area contributed by atoms with Gasteiger partial charge >= 0.3 is 0 Å². The summed E-state index contributed by atoms with van der Waals surface area (Å²) in [6.45, 7) is 8.74. The van der Waals surface area contributed by atoms with Crippen LogP contribution in [0.4, 0.5) is 0 Å². The average molecular weight is 294 g/mol. The lowest BCUT2D eigenvalue weighted by Crippen LogP contribution is -2.44. The molecule has 1 fully saturated rings. The fourth-order valence-electron chi connectivity index (χ4n) is 3.58. The number of pyridine rings is 1. The highest BCUT2D eigenvalue weighted by molar-refractivity contribution is 6.08. The highest BCUT2D eigenvalue weighted by Crippen LogP contribution is 2.29. The van der Waals surface area contributed by atoms with E-state index < -0.39 is 0 Å². The van der Waals surface area contributed by atoms with Crippen LogP contribution in [-0.2, 0) is 6.54 Å². The zero-order valence-corrected chi connectivity index (χ0v) is 13.0. The van der Waals surface area contributed by atoms with Gasteiger partial charge < -0.3 is 9.88 Å². The molecule has 1 N–H and O–H groups in total. The molecule has 1 aliphatic heterocycles. The third-order valence-electron chi connectivity index (χ3n) is 4.71. The monoisotopic (exact) mass is 294 g/mol. The molecule has 0 aliphatic carbocycles. The van der Waals surface area contributed by atoms with Crippen molar-refractivity contribution in [3.8, 4) is 0 Å². The second-order valence-corrected chi connectivity index (χ2v) is 6.05. The van der Waals surface area contributed by atoms with Crippen LogP contribution >= 0.6 is 0 Å². The molecule has 3 aromatic rings. The van der Waals surface area contributed by atoms with Crippen LogP contribution in [0.5, 0.6) is 0 Å². The van der Waals surface area contributed by atoms with Gasteiger partial charge in [-0.25, -0.2) is 0 Å². The van der Waals surface area contributed by atoms with Crippen molar-refractivity contribution in [3.05, 3.63) is 42.2 Å². The number of fused-ring (bicyclic) bond motifs is 3. The summed E-state index contributed by atoms with van der Waals surface area (Å²) in [6, 6.07) is 10.8. The van der Waals surface area contributed by atoms with Crippen molar-refractivity contribution >= 4 is 21.8 Å². The first kappa shape index (κ1) is 13.7. The number of nitrogens with one attached hydrogen (secondary N) is 1. The van der Waals surface area contributed by atoms with Gasteiger partial charge in [0.15, 0.2) is 0 Å². The maximum absolute atomic E-state index is 4.51. The van der Waals surface area contributed by atoms with Gasteiger partial charge in [0.1, 0.15) is 0 Å². The molecule has 1 aromatic carbocycles. The Morgan fingerprint density at radius 1 is 1.05 bits per heavy atom. The number of benzene rings is 1. The van der Waals surface area contributed by atoms with Gasteiger partial charge in [0.2, 0.25) is 0 Å². The Hall–Kier alpha value is -1.91. The Balaban J connectivity index is 1.76. The van der Waals surface area contributed by atoms with E-state index in [1.54, 1.807) is 0 Å². The number of para-hydroxylation sites is 1. The number of hydrogen-bond donors (Lipinski definition) is 1. The molecule has 1 saturated heterocycles. The van der Waals surface area contributed by atoms with Crippen LogP contribution in [0.2, 0.25) is 0 Å². The van der Waals surface area contributed by atoms with Crippen LogP contribution in [0.3, 0.4) is 0 Å². The van der Waals surface area contributed by atoms with Gasteiger partial charge in [0.05, 0.1) is 11.2 Å². The Labute approximate surface area is 130 Å². The molecule has 0 spiro atoms. The van der Waals surface area contributed by atoms with Gasteiger partial charge in [-0.15, -0.1) is 0 Å². The summed E-state index contributed by atoms with van der Waals surface area (Å²) in [6.07, 6.45) is 1.92. The number of hydrogen-bond acceptors (Lipinski definition) is 3. The summed E-state index contributed by atoms with van der Waals surface area (Å²) in [5, 5.41) is 6.08. The van der Waals surface area contributed by atoms with Gasteiger partial charge in [-0.3, -0.25) is 9.88 Å². The van der Waals surface area contributed by atoms with E-state index in [0.717, 1.165) is 45.0 Å². The van der Waals surface area contributed by atoms with Crippen molar-refractivity contribution in [1.29, 1.82) is 0 Å². The molecule has 4 nitrogen and oxygen atoms in total. The number of aryl methyl sites for hydroxylation is 1. The molecule has 0 saturated carbocycles. The largest absolute Gasteiger partial charge is 0.338 e. The molecule has 3 heterocycles. The highest BCUT2D eigenvalue weighted by Gasteiger charge is 2.14. The zero-order chi connectivity index (χ0) is 14.9. The van der Waals surface area contributed by atoms with Crippen molar-refractivity contribution in [1.82, 2.24) is 19.8 Å². The summed E-state index contributed by atoms with van der Waals surface area (Å²) in [4.78, 5) is 7.06. The van der Waals surface area contributed by atoms with E-state index in [0.29, 0.717) is 0 Å². The molecule has 1 aliphatic rings. The quantitative estimate of drug-likeness (QED) is 0.805. The van der Waals surface area contributed by atoms with Crippen molar-refractivity contribution in [2.24, 2.45) is 0 Å². The molecule has 0 radical (unpaired) electrons. The SMILES string of the molecule is Cc1nccc2c3ccccc3n(CCN3CCNCC3)c12.